The maximum Gasteiger partial charge on any atom is 0.262 e. The van der Waals surface area contributed by atoms with Crippen molar-refractivity contribution in [2.45, 2.75) is 22.0 Å². The highest BCUT2D eigenvalue weighted by atomic mass is 32.2. The summed E-state index contributed by atoms with van der Waals surface area (Å²) in [5, 5.41) is 10.1. The van der Waals surface area contributed by atoms with Crippen molar-refractivity contribution in [3.63, 3.8) is 0 Å². The molecule has 0 bridgehead atoms. The summed E-state index contributed by atoms with van der Waals surface area (Å²) in [4.78, 5) is 25.4. The Kier molecular flexibility index (Phi) is 8.10. The molecule has 0 aliphatic heterocycles. The van der Waals surface area contributed by atoms with Crippen molar-refractivity contribution in [3.8, 4) is 5.75 Å². The minimum atomic E-state index is -3.79. The summed E-state index contributed by atoms with van der Waals surface area (Å²) < 4.78 is 28.1. The number of amides is 2. The molecule has 8 nitrogen and oxygen atoms in total. The number of thioether (sulfide) groups is 1. The largest absolute Gasteiger partial charge is 0.484 e. The second-order valence-corrected chi connectivity index (χ2v) is 9.97. The molecule has 0 aliphatic rings. The van der Waals surface area contributed by atoms with E-state index in [1.165, 1.54) is 36.0 Å². The molecule has 3 aromatic carbocycles. The summed E-state index contributed by atoms with van der Waals surface area (Å²) in [6.07, 6.45) is 0. The lowest BCUT2D eigenvalue weighted by atomic mass is 10.3. The third-order valence-electron chi connectivity index (χ3n) is 4.36. The number of hydrogen-bond acceptors (Lipinski definition) is 6. The van der Waals surface area contributed by atoms with Crippen LogP contribution in [0.15, 0.2) is 88.7 Å². The van der Waals surface area contributed by atoms with Gasteiger partial charge in [-0.25, -0.2) is 13.6 Å². The molecule has 1 atom stereocenters. The van der Waals surface area contributed by atoms with Gasteiger partial charge in [0.05, 0.1) is 10.1 Å². The lowest BCUT2D eigenvalue weighted by molar-refractivity contribution is -0.118. The van der Waals surface area contributed by atoms with E-state index in [1.54, 1.807) is 37.3 Å². The van der Waals surface area contributed by atoms with Gasteiger partial charge in [0.25, 0.3) is 5.91 Å². The van der Waals surface area contributed by atoms with Crippen LogP contribution in [0.25, 0.3) is 0 Å². The Labute approximate surface area is 196 Å². The molecule has 3 aromatic rings. The molecule has 172 valence electrons. The predicted molar refractivity (Wildman–Crippen MR) is 129 cm³/mol. The Morgan fingerprint density at radius 1 is 0.939 bits per heavy atom. The van der Waals surface area contributed by atoms with Gasteiger partial charge in [-0.05, 0) is 61.5 Å². The zero-order valence-corrected chi connectivity index (χ0v) is 19.4. The van der Waals surface area contributed by atoms with E-state index in [4.69, 9.17) is 9.88 Å². The normalized spacial score (nSPS) is 11.9. The second kappa shape index (κ2) is 11.0. The highest BCUT2D eigenvalue weighted by molar-refractivity contribution is 8.00. The van der Waals surface area contributed by atoms with E-state index in [1.807, 2.05) is 24.3 Å². The van der Waals surface area contributed by atoms with E-state index in [-0.39, 0.29) is 23.3 Å². The number of hydrogen-bond donors (Lipinski definition) is 3. The molecule has 0 saturated carbocycles. The van der Waals surface area contributed by atoms with Crippen LogP contribution >= 0.6 is 11.8 Å². The summed E-state index contributed by atoms with van der Waals surface area (Å²) in [7, 11) is -3.79. The number of rotatable bonds is 9. The van der Waals surface area contributed by atoms with Crippen LogP contribution in [0.1, 0.15) is 6.92 Å². The van der Waals surface area contributed by atoms with Crippen molar-refractivity contribution in [3.05, 3.63) is 78.9 Å². The molecule has 0 fully saturated rings. The molecule has 4 N–H and O–H groups in total. The molecule has 10 heteroatoms. The fraction of sp³-hybridized carbons (Fsp3) is 0.130. The van der Waals surface area contributed by atoms with Crippen molar-refractivity contribution in [2.24, 2.45) is 5.14 Å². The average Bonchev–Trinajstić information content (AvgIpc) is 2.78. The lowest BCUT2D eigenvalue weighted by Gasteiger charge is -2.13. The first kappa shape index (κ1) is 24.3. The number of nitrogens with one attached hydrogen (secondary N) is 2. The topological polar surface area (TPSA) is 128 Å². The number of carbonyl (C=O) groups excluding carboxylic acids is 2. The number of primary sulfonamides is 1. The summed E-state index contributed by atoms with van der Waals surface area (Å²) >= 11 is 1.32. The number of sulfonamides is 1. The van der Waals surface area contributed by atoms with Gasteiger partial charge in [-0.15, -0.1) is 11.8 Å². The van der Waals surface area contributed by atoms with Crippen LogP contribution in [0.4, 0.5) is 11.4 Å². The molecule has 0 radical (unpaired) electrons. The van der Waals surface area contributed by atoms with E-state index in [0.29, 0.717) is 17.1 Å². The number of carbonyl (C=O) groups is 2. The molecule has 0 heterocycles. The van der Waals surface area contributed by atoms with Crippen molar-refractivity contribution in [1.29, 1.82) is 0 Å². The monoisotopic (exact) mass is 485 g/mol. The molecule has 3 rings (SSSR count). The summed E-state index contributed by atoms with van der Waals surface area (Å²) in [6, 6.07) is 21.8. The van der Waals surface area contributed by atoms with Gasteiger partial charge in [0.1, 0.15) is 5.75 Å². The zero-order chi connectivity index (χ0) is 23.8. The van der Waals surface area contributed by atoms with Gasteiger partial charge in [-0.1, -0.05) is 24.3 Å². The van der Waals surface area contributed by atoms with Crippen LogP contribution in [0.3, 0.4) is 0 Å². The van der Waals surface area contributed by atoms with Gasteiger partial charge in [0.15, 0.2) is 6.61 Å². The Bertz CT molecular complexity index is 1220. The minimum Gasteiger partial charge on any atom is -0.484 e. The fourth-order valence-corrected chi connectivity index (χ4v) is 4.18. The van der Waals surface area contributed by atoms with Crippen molar-refractivity contribution < 1.29 is 22.7 Å². The zero-order valence-electron chi connectivity index (χ0n) is 17.7. The van der Waals surface area contributed by atoms with E-state index >= 15 is 0 Å². The van der Waals surface area contributed by atoms with Crippen LogP contribution in [0.2, 0.25) is 0 Å². The molecule has 0 spiro atoms. The third-order valence-corrected chi connectivity index (χ3v) is 6.39. The fourth-order valence-electron chi connectivity index (χ4n) is 2.74. The van der Waals surface area contributed by atoms with Crippen molar-refractivity contribution >= 4 is 45.0 Å². The number of ether oxygens (including phenoxy) is 1. The Hall–Kier alpha value is -3.34. The SMILES string of the molecule is CC(Sc1cccc(NC(=O)COc2ccccc2)c1)C(=O)Nc1ccc(S(N)(=O)=O)cc1. The quantitative estimate of drug-likeness (QED) is 0.398. The number of benzene rings is 3. The Morgan fingerprint density at radius 2 is 1.64 bits per heavy atom. The molecular formula is C23H23N3O5S2. The standard InChI is InChI=1S/C23H23N3O5S2/c1-16(23(28)26-17-10-12-21(13-11-17)33(24,29)30)32-20-9-5-6-18(14-20)25-22(27)15-31-19-7-3-2-4-8-19/h2-14,16H,15H2,1H3,(H,25,27)(H,26,28)(H2,24,29,30). The lowest BCUT2D eigenvalue weighted by Crippen LogP contribution is -2.22. The molecular weight excluding hydrogens is 462 g/mol. The van der Waals surface area contributed by atoms with E-state index < -0.39 is 15.3 Å². The molecule has 1 unspecified atom stereocenters. The average molecular weight is 486 g/mol. The predicted octanol–water partition coefficient (Wildman–Crippen LogP) is 3.47. The van der Waals surface area contributed by atoms with Crippen molar-refractivity contribution in [1.82, 2.24) is 0 Å². The van der Waals surface area contributed by atoms with Crippen LogP contribution in [-0.2, 0) is 19.6 Å². The first-order valence-electron chi connectivity index (χ1n) is 9.89. The molecule has 2 amide bonds. The van der Waals surface area contributed by atoms with Gasteiger partial charge < -0.3 is 15.4 Å². The van der Waals surface area contributed by atoms with Crippen LogP contribution in [0.5, 0.6) is 5.75 Å². The second-order valence-electron chi connectivity index (χ2n) is 7.00. The highest BCUT2D eigenvalue weighted by Crippen LogP contribution is 2.27. The number of para-hydroxylation sites is 1. The van der Waals surface area contributed by atoms with Crippen LogP contribution in [0, 0.1) is 0 Å². The minimum absolute atomic E-state index is 0.0315. The smallest absolute Gasteiger partial charge is 0.262 e. The molecule has 0 saturated heterocycles. The maximum atomic E-state index is 12.5. The summed E-state index contributed by atoms with van der Waals surface area (Å²) in [5.41, 5.74) is 1.05. The van der Waals surface area contributed by atoms with Crippen molar-refractivity contribution in [2.75, 3.05) is 17.2 Å². The van der Waals surface area contributed by atoms with Crippen LogP contribution < -0.4 is 20.5 Å². The molecule has 0 aromatic heterocycles. The first-order chi connectivity index (χ1) is 15.7. The van der Waals surface area contributed by atoms with Gasteiger partial charge in [0, 0.05) is 16.3 Å². The van der Waals surface area contributed by atoms with E-state index in [2.05, 4.69) is 10.6 Å². The van der Waals surface area contributed by atoms with Gasteiger partial charge in [-0.2, -0.15) is 0 Å². The molecule has 33 heavy (non-hydrogen) atoms. The highest BCUT2D eigenvalue weighted by Gasteiger charge is 2.16. The van der Waals surface area contributed by atoms with Crippen LogP contribution in [-0.4, -0.2) is 32.1 Å². The Balaban J connectivity index is 1.53. The number of anilines is 2. The van der Waals surface area contributed by atoms with E-state index in [0.717, 1.165) is 4.90 Å². The third kappa shape index (κ3) is 7.63. The van der Waals surface area contributed by atoms with Gasteiger partial charge in [-0.3, -0.25) is 9.59 Å². The Morgan fingerprint density at radius 3 is 2.30 bits per heavy atom. The number of nitrogens with two attached hydrogens (primary N) is 1. The summed E-state index contributed by atoms with van der Waals surface area (Å²) in [5.74, 6) is 0.0554. The first-order valence-corrected chi connectivity index (χ1v) is 12.3. The van der Waals surface area contributed by atoms with E-state index in [9.17, 15) is 18.0 Å². The maximum absolute atomic E-state index is 12.5. The van der Waals surface area contributed by atoms with Gasteiger partial charge >= 0.3 is 0 Å². The summed E-state index contributed by atoms with van der Waals surface area (Å²) in [6.45, 7) is 1.63. The molecule has 0 aliphatic carbocycles. The van der Waals surface area contributed by atoms with Gasteiger partial charge in [0.2, 0.25) is 15.9 Å².